The summed E-state index contributed by atoms with van der Waals surface area (Å²) in [6, 6.07) is 11.7. The van der Waals surface area contributed by atoms with Gasteiger partial charge in [0.2, 0.25) is 0 Å². The maximum absolute atomic E-state index is 9.03. The molecule has 0 spiro atoms. The van der Waals surface area contributed by atoms with E-state index in [0.29, 0.717) is 18.3 Å². The number of nitriles is 1. The van der Waals surface area contributed by atoms with Crippen molar-refractivity contribution in [1.82, 2.24) is 10.2 Å². The number of rotatable bonds is 3. The predicted octanol–water partition coefficient (Wildman–Crippen LogP) is 5.42. The summed E-state index contributed by atoms with van der Waals surface area (Å²) in [5.41, 5.74) is 7.00. The molecular weight excluding hydrogens is 418 g/mol. The molecular formula is C30H29N3O. The molecule has 1 aromatic carbocycles. The van der Waals surface area contributed by atoms with Crippen LogP contribution >= 0.6 is 0 Å². The van der Waals surface area contributed by atoms with Crippen molar-refractivity contribution in [2.75, 3.05) is 6.54 Å². The van der Waals surface area contributed by atoms with Crippen molar-refractivity contribution in [3.63, 3.8) is 0 Å². The van der Waals surface area contributed by atoms with Gasteiger partial charge < -0.3 is 15.0 Å². The molecule has 4 nitrogen and oxygen atoms in total. The van der Waals surface area contributed by atoms with Gasteiger partial charge in [-0.3, -0.25) is 0 Å². The second kappa shape index (κ2) is 9.00. The van der Waals surface area contributed by atoms with Crippen molar-refractivity contribution in [2.45, 2.75) is 50.0 Å². The first-order valence-electron chi connectivity index (χ1n) is 12.3. The van der Waals surface area contributed by atoms with Crippen LogP contribution in [0.3, 0.4) is 0 Å². The Balaban J connectivity index is 1.27. The molecule has 0 aromatic heterocycles. The maximum Gasteiger partial charge on any atom is 0.117 e. The van der Waals surface area contributed by atoms with Crippen molar-refractivity contribution in [3.05, 3.63) is 108 Å². The molecule has 3 aliphatic carbocycles. The highest BCUT2D eigenvalue weighted by atomic mass is 16.5. The molecule has 0 saturated carbocycles. The Kier molecular flexibility index (Phi) is 5.57. The smallest absolute Gasteiger partial charge is 0.117 e. The summed E-state index contributed by atoms with van der Waals surface area (Å²) < 4.78 is 6.47. The molecule has 0 amide bonds. The van der Waals surface area contributed by atoms with Gasteiger partial charge >= 0.3 is 0 Å². The van der Waals surface area contributed by atoms with Crippen LogP contribution < -0.4 is 5.32 Å². The van der Waals surface area contributed by atoms with Gasteiger partial charge in [0.1, 0.15) is 17.9 Å². The van der Waals surface area contributed by atoms with Gasteiger partial charge in [-0.2, -0.15) is 5.26 Å². The number of nitrogens with one attached hydrogen (secondary N) is 1. The molecule has 1 aromatic rings. The monoisotopic (exact) mass is 447 g/mol. The van der Waals surface area contributed by atoms with E-state index in [1.165, 1.54) is 28.0 Å². The molecule has 34 heavy (non-hydrogen) atoms. The number of hydrogen-bond donors (Lipinski definition) is 1. The largest absolute Gasteiger partial charge is 0.372 e. The van der Waals surface area contributed by atoms with Crippen molar-refractivity contribution >= 4 is 11.1 Å². The van der Waals surface area contributed by atoms with E-state index in [1.54, 1.807) is 0 Å². The minimum Gasteiger partial charge on any atom is -0.372 e. The standard InChI is InChI=1S/C30H29N3O/c31-19-25-17-16-24(20-32-25)22-14-12-21(13-15-22)23-6-5-7-26(18-23)33-27-8-1-3-10-29(27)34-30-11-4-2-9-28(30)33/h1,3-4,6,8,10-18,27-30,32H,2,5,7,9,20H2. The third-order valence-electron chi connectivity index (χ3n) is 7.43. The Labute approximate surface area is 201 Å². The van der Waals surface area contributed by atoms with Crippen molar-refractivity contribution in [2.24, 2.45) is 0 Å². The second-order valence-electron chi connectivity index (χ2n) is 9.45. The van der Waals surface area contributed by atoms with Crippen molar-refractivity contribution in [3.8, 4) is 6.07 Å². The fourth-order valence-electron chi connectivity index (χ4n) is 5.72. The molecule has 5 aliphatic rings. The van der Waals surface area contributed by atoms with Crippen LogP contribution in [0.4, 0.5) is 0 Å². The maximum atomic E-state index is 9.03. The summed E-state index contributed by atoms with van der Waals surface area (Å²) in [5.74, 6) is 0. The quantitative estimate of drug-likeness (QED) is 0.628. The summed E-state index contributed by atoms with van der Waals surface area (Å²) in [5, 5.41) is 12.2. The third kappa shape index (κ3) is 3.87. The van der Waals surface area contributed by atoms with E-state index >= 15 is 0 Å². The molecule has 2 aliphatic heterocycles. The molecule has 6 rings (SSSR count). The van der Waals surface area contributed by atoms with E-state index in [-0.39, 0.29) is 18.2 Å². The van der Waals surface area contributed by atoms with Gasteiger partial charge in [-0.1, -0.05) is 72.9 Å². The van der Waals surface area contributed by atoms with Crippen LogP contribution in [-0.2, 0) is 4.74 Å². The number of dihydropyridines is 1. The first-order chi connectivity index (χ1) is 16.8. The highest BCUT2D eigenvalue weighted by Gasteiger charge is 2.42. The van der Waals surface area contributed by atoms with Gasteiger partial charge in [0, 0.05) is 12.2 Å². The van der Waals surface area contributed by atoms with Crippen molar-refractivity contribution < 1.29 is 4.74 Å². The molecule has 0 radical (unpaired) electrons. The van der Waals surface area contributed by atoms with Crippen molar-refractivity contribution in [1.29, 1.82) is 5.26 Å². The fraction of sp³-hybridized carbons (Fsp3) is 0.300. The summed E-state index contributed by atoms with van der Waals surface area (Å²) >= 11 is 0. The predicted molar refractivity (Wildman–Crippen MR) is 136 cm³/mol. The minimum atomic E-state index is 0.108. The van der Waals surface area contributed by atoms with E-state index in [4.69, 9.17) is 10.00 Å². The third-order valence-corrected chi connectivity index (χ3v) is 7.43. The molecule has 1 N–H and O–H groups in total. The second-order valence-corrected chi connectivity index (χ2v) is 9.45. The van der Waals surface area contributed by atoms with Crippen LogP contribution in [-0.4, -0.2) is 35.7 Å². The minimum absolute atomic E-state index is 0.108. The zero-order valence-corrected chi connectivity index (χ0v) is 19.2. The lowest BCUT2D eigenvalue weighted by Crippen LogP contribution is -2.59. The average molecular weight is 448 g/mol. The van der Waals surface area contributed by atoms with Gasteiger partial charge in [-0.05, 0) is 60.1 Å². The summed E-state index contributed by atoms with van der Waals surface area (Å²) in [4.78, 5) is 2.67. The van der Waals surface area contributed by atoms with Crippen LogP contribution in [0, 0.1) is 11.3 Å². The Morgan fingerprint density at radius 2 is 1.82 bits per heavy atom. The van der Waals surface area contributed by atoms with Crippen LogP contribution in [0.2, 0.25) is 0 Å². The molecule has 4 heteroatoms. The Morgan fingerprint density at radius 1 is 0.971 bits per heavy atom. The fourth-order valence-corrected chi connectivity index (χ4v) is 5.72. The lowest BCUT2D eigenvalue weighted by Gasteiger charge is -2.52. The van der Waals surface area contributed by atoms with Crippen LogP contribution in [0.5, 0.6) is 0 Å². The molecule has 1 saturated heterocycles. The number of ether oxygens (including phenoxy) is 1. The molecule has 4 unspecified atom stereocenters. The van der Waals surface area contributed by atoms with Gasteiger partial charge in [-0.15, -0.1) is 0 Å². The normalized spacial score (nSPS) is 29.6. The van der Waals surface area contributed by atoms with E-state index < -0.39 is 0 Å². The Hall–Kier alpha value is -3.55. The zero-order chi connectivity index (χ0) is 22.9. The van der Waals surface area contributed by atoms with Crippen LogP contribution in [0.15, 0.2) is 96.4 Å². The van der Waals surface area contributed by atoms with Gasteiger partial charge in [-0.25, -0.2) is 0 Å². The molecule has 170 valence electrons. The first kappa shape index (κ1) is 21.0. The first-order valence-corrected chi connectivity index (χ1v) is 12.3. The number of hydrogen-bond acceptors (Lipinski definition) is 4. The zero-order valence-electron chi connectivity index (χ0n) is 19.2. The van der Waals surface area contributed by atoms with E-state index in [9.17, 15) is 0 Å². The molecule has 4 atom stereocenters. The number of morpholine rings is 1. The average Bonchev–Trinajstić information content (AvgIpc) is 2.92. The van der Waals surface area contributed by atoms with E-state index in [0.717, 1.165) is 25.7 Å². The van der Waals surface area contributed by atoms with E-state index in [2.05, 4.69) is 89.2 Å². The summed E-state index contributed by atoms with van der Waals surface area (Å²) in [6.07, 6.45) is 26.7. The molecule has 2 heterocycles. The Bertz CT molecular complexity index is 1220. The number of benzene rings is 1. The number of allylic oxidation sites excluding steroid dienone is 10. The highest BCUT2D eigenvalue weighted by Crippen LogP contribution is 2.39. The van der Waals surface area contributed by atoms with E-state index in [1.807, 2.05) is 12.2 Å². The molecule has 1 fully saturated rings. The van der Waals surface area contributed by atoms with Crippen LogP contribution in [0.1, 0.15) is 36.8 Å². The molecule has 0 bridgehead atoms. The van der Waals surface area contributed by atoms with Gasteiger partial charge in [0.05, 0.1) is 18.2 Å². The van der Waals surface area contributed by atoms with Crippen LogP contribution in [0.25, 0.3) is 11.1 Å². The van der Waals surface area contributed by atoms with Gasteiger partial charge in [0.15, 0.2) is 0 Å². The number of nitrogens with zero attached hydrogens (tertiary/aromatic N) is 2. The summed E-state index contributed by atoms with van der Waals surface area (Å²) in [6.45, 7) is 0.685. The lowest BCUT2D eigenvalue weighted by molar-refractivity contribution is -0.0955. The van der Waals surface area contributed by atoms with Gasteiger partial charge in [0.25, 0.3) is 0 Å². The Morgan fingerprint density at radius 3 is 2.65 bits per heavy atom. The topological polar surface area (TPSA) is 48.3 Å². The lowest BCUT2D eigenvalue weighted by atomic mass is 9.87. The SMILES string of the molecule is N#CC1=CC=C(c2ccc(C3=CCCC(N4C5C=CC=CC5OC5C=CCCC54)=C3)cc2)CN1. The highest BCUT2D eigenvalue weighted by molar-refractivity contribution is 5.78. The number of fused-ring (bicyclic) bond motifs is 2. The summed E-state index contributed by atoms with van der Waals surface area (Å²) in [7, 11) is 0.